The minimum Gasteiger partial charge on any atom is -0.341 e. The first-order valence-corrected chi connectivity index (χ1v) is 9.37. The lowest BCUT2D eigenvalue weighted by molar-refractivity contribution is 0.0705. The Kier molecular flexibility index (Phi) is 3.78. The first-order chi connectivity index (χ1) is 13.2. The first-order valence-electron chi connectivity index (χ1n) is 8.58. The summed E-state index contributed by atoms with van der Waals surface area (Å²) in [5, 5.41) is 4.38. The van der Waals surface area contributed by atoms with E-state index in [4.69, 9.17) is 0 Å². The third-order valence-corrected chi connectivity index (χ3v) is 5.19. The van der Waals surface area contributed by atoms with Crippen molar-refractivity contribution in [3.05, 3.63) is 71.0 Å². The summed E-state index contributed by atoms with van der Waals surface area (Å²) in [7, 11) is 0. The van der Waals surface area contributed by atoms with Gasteiger partial charge in [0.1, 0.15) is 0 Å². The maximum absolute atomic E-state index is 12.9. The number of aromatic nitrogens is 5. The lowest BCUT2D eigenvalue weighted by Gasteiger charge is -2.29. The SMILES string of the molecule is O=C(c1cc2ncc(Br)cn2n1)N1CCn2c(ccc2-c2ccncc2)C1. The molecular weight excluding hydrogens is 408 g/mol. The molecule has 0 fully saturated rings. The highest BCUT2D eigenvalue weighted by atomic mass is 79.9. The van der Waals surface area contributed by atoms with Gasteiger partial charge in [-0.25, -0.2) is 9.50 Å². The zero-order valence-electron chi connectivity index (χ0n) is 14.3. The third-order valence-electron chi connectivity index (χ3n) is 4.78. The average Bonchev–Trinajstić information content (AvgIpc) is 3.31. The van der Waals surface area contributed by atoms with E-state index in [1.165, 1.54) is 0 Å². The standard InChI is InChI=1S/C19H15BrN6O/c20-14-10-22-18-9-16(23-26(18)11-14)19(27)24-7-8-25-15(12-24)1-2-17(25)13-3-5-21-6-4-13/h1-6,9-11H,7-8,12H2. The minimum atomic E-state index is -0.0745. The molecule has 4 aromatic heterocycles. The van der Waals surface area contributed by atoms with Crippen LogP contribution in [0.25, 0.3) is 16.9 Å². The lowest BCUT2D eigenvalue weighted by Crippen LogP contribution is -2.38. The monoisotopic (exact) mass is 422 g/mol. The van der Waals surface area contributed by atoms with Crippen LogP contribution in [0.15, 0.2) is 59.6 Å². The Morgan fingerprint density at radius 2 is 1.96 bits per heavy atom. The van der Waals surface area contributed by atoms with Gasteiger partial charge in [0.15, 0.2) is 11.3 Å². The Bertz CT molecular complexity index is 1150. The van der Waals surface area contributed by atoms with Crippen LogP contribution in [0.1, 0.15) is 16.2 Å². The van der Waals surface area contributed by atoms with Gasteiger partial charge in [-0.3, -0.25) is 9.78 Å². The summed E-state index contributed by atoms with van der Waals surface area (Å²) >= 11 is 3.37. The van der Waals surface area contributed by atoms with Gasteiger partial charge in [-0.05, 0) is 40.2 Å². The first kappa shape index (κ1) is 16.2. The van der Waals surface area contributed by atoms with Gasteiger partial charge in [0.05, 0.1) is 11.0 Å². The van der Waals surface area contributed by atoms with E-state index in [-0.39, 0.29) is 5.91 Å². The van der Waals surface area contributed by atoms with Crippen LogP contribution in [0.2, 0.25) is 0 Å². The van der Waals surface area contributed by atoms with E-state index >= 15 is 0 Å². The molecule has 0 N–H and O–H groups in total. The normalized spacial score (nSPS) is 13.7. The molecule has 0 unspecified atom stereocenters. The Balaban J connectivity index is 1.42. The van der Waals surface area contributed by atoms with E-state index in [1.807, 2.05) is 17.0 Å². The van der Waals surface area contributed by atoms with Crippen LogP contribution in [0.4, 0.5) is 0 Å². The molecule has 1 aliphatic heterocycles. The van der Waals surface area contributed by atoms with Crippen LogP contribution in [0, 0.1) is 0 Å². The molecule has 0 aliphatic carbocycles. The van der Waals surface area contributed by atoms with Crippen molar-refractivity contribution in [3.8, 4) is 11.3 Å². The number of hydrogen-bond acceptors (Lipinski definition) is 4. The van der Waals surface area contributed by atoms with Crippen LogP contribution >= 0.6 is 15.9 Å². The molecule has 1 amide bonds. The number of halogens is 1. The smallest absolute Gasteiger partial charge is 0.274 e. The van der Waals surface area contributed by atoms with E-state index in [2.05, 4.69) is 47.7 Å². The van der Waals surface area contributed by atoms with Crippen LogP contribution in [-0.2, 0) is 13.1 Å². The molecule has 1 aliphatic rings. The molecule has 134 valence electrons. The van der Waals surface area contributed by atoms with Crippen molar-refractivity contribution < 1.29 is 4.79 Å². The molecule has 0 atom stereocenters. The van der Waals surface area contributed by atoms with Crippen molar-refractivity contribution in [1.82, 2.24) is 29.0 Å². The number of amides is 1. The molecule has 8 heteroatoms. The summed E-state index contributed by atoms with van der Waals surface area (Å²) < 4.78 is 4.70. The Morgan fingerprint density at radius 3 is 2.81 bits per heavy atom. The molecule has 7 nitrogen and oxygen atoms in total. The number of rotatable bonds is 2. The molecule has 4 aromatic rings. The maximum Gasteiger partial charge on any atom is 0.274 e. The number of fused-ring (bicyclic) bond motifs is 2. The van der Waals surface area contributed by atoms with Crippen molar-refractivity contribution in [3.63, 3.8) is 0 Å². The molecule has 0 aromatic carbocycles. The fraction of sp³-hybridized carbons (Fsp3) is 0.158. The number of pyridine rings is 1. The summed E-state index contributed by atoms with van der Waals surface area (Å²) in [6.07, 6.45) is 7.08. The highest BCUT2D eigenvalue weighted by Crippen LogP contribution is 2.26. The lowest BCUT2D eigenvalue weighted by atomic mass is 10.2. The second kappa shape index (κ2) is 6.31. The van der Waals surface area contributed by atoms with Gasteiger partial charge in [0.2, 0.25) is 0 Å². The minimum absolute atomic E-state index is 0.0745. The molecule has 5 heterocycles. The highest BCUT2D eigenvalue weighted by Gasteiger charge is 2.25. The summed E-state index contributed by atoms with van der Waals surface area (Å²) in [4.78, 5) is 23.1. The van der Waals surface area contributed by atoms with Gasteiger partial charge in [0.25, 0.3) is 5.91 Å². The maximum atomic E-state index is 12.9. The quantitative estimate of drug-likeness (QED) is 0.497. The molecule has 0 bridgehead atoms. The van der Waals surface area contributed by atoms with Crippen molar-refractivity contribution in [2.24, 2.45) is 0 Å². The van der Waals surface area contributed by atoms with Crippen molar-refractivity contribution >= 4 is 27.5 Å². The fourth-order valence-electron chi connectivity index (χ4n) is 3.48. The van der Waals surface area contributed by atoms with E-state index in [9.17, 15) is 4.79 Å². The zero-order chi connectivity index (χ0) is 18.4. The van der Waals surface area contributed by atoms with E-state index in [0.717, 1.165) is 28.0 Å². The topological polar surface area (TPSA) is 68.3 Å². The predicted molar refractivity (Wildman–Crippen MR) is 103 cm³/mol. The number of carbonyl (C=O) groups is 1. The molecule has 5 rings (SSSR count). The van der Waals surface area contributed by atoms with E-state index < -0.39 is 0 Å². The third kappa shape index (κ3) is 2.82. The van der Waals surface area contributed by atoms with Crippen LogP contribution in [-0.4, -0.2) is 41.5 Å². The van der Waals surface area contributed by atoms with Crippen molar-refractivity contribution in [2.75, 3.05) is 6.54 Å². The predicted octanol–water partition coefficient (Wildman–Crippen LogP) is 3.01. The summed E-state index contributed by atoms with van der Waals surface area (Å²) in [6, 6.07) is 9.91. The Hall–Kier alpha value is -3.00. The van der Waals surface area contributed by atoms with Gasteiger partial charge in [0, 0.05) is 60.9 Å². The second-order valence-corrected chi connectivity index (χ2v) is 7.34. The van der Waals surface area contributed by atoms with Crippen LogP contribution in [0.3, 0.4) is 0 Å². The van der Waals surface area contributed by atoms with Gasteiger partial charge in [-0.15, -0.1) is 0 Å². The Labute approximate surface area is 163 Å². The molecular formula is C19H15BrN6O. The van der Waals surface area contributed by atoms with Crippen LogP contribution < -0.4 is 0 Å². The summed E-state index contributed by atoms with van der Waals surface area (Å²) in [6.45, 7) is 1.96. The van der Waals surface area contributed by atoms with E-state index in [1.54, 1.807) is 35.4 Å². The van der Waals surface area contributed by atoms with E-state index in [0.29, 0.717) is 24.4 Å². The number of carbonyl (C=O) groups excluding carboxylic acids is 1. The fourth-order valence-corrected chi connectivity index (χ4v) is 3.77. The largest absolute Gasteiger partial charge is 0.341 e. The van der Waals surface area contributed by atoms with Crippen molar-refractivity contribution in [2.45, 2.75) is 13.1 Å². The number of hydrogen-bond donors (Lipinski definition) is 0. The van der Waals surface area contributed by atoms with Crippen molar-refractivity contribution in [1.29, 1.82) is 0 Å². The Morgan fingerprint density at radius 1 is 1.11 bits per heavy atom. The van der Waals surface area contributed by atoms with Gasteiger partial charge in [-0.1, -0.05) is 0 Å². The average molecular weight is 423 g/mol. The van der Waals surface area contributed by atoms with Crippen LogP contribution in [0.5, 0.6) is 0 Å². The molecule has 0 radical (unpaired) electrons. The molecule has 0 saturated heterocycles. The zero-order valence-corrected chi connectivity index (χ0v) is 15.9. The van der Waals surface area contributed by atoms with Gasteiger partial charge in [-0.2, -0.15) is 5.10 Å². The molecule has 0 spiro atoms. The molecule has 0 saturated carbocycles. The highest BCUT2D eigenvalue weighted by molar-refractivity contribution is 9.10. The molecule has 27 heavy (non-hydrogen) atoms. The van der Waals surface area contributed by atoms with Gasteiger partial charge >= 0.3 is 0 Å². The summed E-state index contributed by atoms with van der Waals surface area (Å²) in [5.41, 5.74) is 4.47. The number of nitrogens with zero attached hydrogens (tertiary/aromatic N) is 6. The van der Waals surface area contributed by atoms with Gasteiger partial charge < -0.3 is 9.47 Å². The summed E-state index contributed by atoms with van der Waals surface area (Å²) in [5.74, 6) is -0.0745. The second-order valence-electron chi connectivity index (χ2n) is 6.43.